The number of rotatable bonds is 3. The monoisotopic (exact) mass is 258 g/mol. The number of hydrogen-bond acceptors (Lipinski definition) is 4. The van der Waals surface area contributed by atoms with Gasteiger partial charge >= 0.3 is 12.0 Å². The minimum atomic E-state index is -1.15. The number of nitrogens with zero attached hydrogens (tertiary/aromatic N) is 1. The van der Waals surface area contributed by atoms with Crippen LogP contribution >= 0.6 is 25.6 Å². The van der Waals surface area contributed by atoms with Crippen LogP contribution in [0.4, 0.5) is 4.79 Å². The van der Waals surface area contributed by atoms with Crippen molar-refractivity contribution in [3.63, 3.8) is 0 Å². The maximum atomic E-state index is 11.2. The third-order valence-corrected chi connectivity index (χ3v) is 2.19. The molecular weight excluding hydrogens is 248 g/mol. The van der Waals surface area contributed by atoms with E-state index in [0.29, 0.717) is 9.27 Å². The number of thiol groups is 2. The van der Waals surface area contributed by atoms with Crippen molar-refractivity contribution in [3.05, 3.63) is 35.9 Å². The maximum absolute atomic E-state index is 11.2. The molecule has 0 aromatic heterocycles. The van der Waals surface area contributed by atoms with Gasteiger partial charge in [-0.2, -0.15) is 0 Å². The molecule has 0 saturated carbocycles. The summed E-state index contributed by atoms with van der Waals surface area (Å²) in [5.74, 6) is -1.15. The van der Waals surface area contributed by atoms with Crippen LogP contribution in [0, 0.1) is 0 Å². The van der Waals surface area contributed by atoms with Crippen molar-refractivity contribution < 1.29 is 14.7 Å². The molecule has 86 valence electrons. The summed E-state index contributed by atoms with van der Waals surface area (Å²) >= 11 is 7.28. The Labute approximate surface area is 104 Å². The predicted octanol–water partition coefficient (Wildman–Crippen LogP) is 1.51. The molecule has 0 aliphatic carbocycles. The van der Waals surface area contributed by atoms with E-state index in [-0.39, 0.29) is 0 Å². The second-order valence-corrected chi connectivity index (χ2v) is 4.04. The summed E-state index contributed by atoms with van der Waals surface area (Å²) in [4.78, 5) is 22.2. The van der Waals surface area contributed by atoms with Crippen molar-refractivity contribution in [2.24, 2.45) is 0 Å². The summed E-state index contributed by atoms with van der Waals surface area (Å²) in [6.07, 6.45) is 0. The number of aliphatic carboxylic acids is 1. The van der Waals surface area contributed by atoms with Crippen LogP contribution in [0.5, 0.6) is 0 Å². The number of urea groups is 1. The number of nitrogens with one attached hydrogen (secondary N) is 1. The summed E-state index contributed by atoms with van der Waals surface area (Å²) in [6.45, 7) is 0. The minimum Gasteiger partial charge on any atom is -0.479 e. The first-order chi connectivity index (χ1) is 7.52. The van der Waals surface area contributed by atoms with Gasteiger partial charge in [0.25, 0.3) is 0 Å². The van der Waals surface area contributed by atoms with Crippen LogP contribution < -0.4 is 5.32 Å². The average molecular weight is 258 g/mol. The van der Waals surface area contributed by atoms with Gasteiger partial charge in [-0.1, -0.05) is 56.0 Å². The van der Waals surface area contributed by atoms with Gasteiger partial charge in [0, 0.05) is 0 Å². The molecule has 0 fully saturated rings. The minimum absolute atomic E-state index is 0.479. The van der Waals surface area contributed by atoms with Gasteiger partial charge < -0.3 is 10.4 Å². The normalized spacial score (nSPS) is 11.6. The highest BCUT2D eigenvalue weighted by atomic mass is 32.2. The molecule has 0 bridgehead atoms. The van der Waals surface area contributed by atoms with E-state index >= 15 is 0 Å². The zero-order chi connectivity index (χ0) is 12.1. The molecule has 0 spiro atoms. The quantitative estimate of drug-likeness (QED) is 0.621. The first-order valence-corrected chi connectivity index (χ1v) is 5.08. The van der Waals surface area contributed by atoms with Crippen molar-refractivity contribution in [2.75, 3.05) is 0 Å². The Morgan fingerprint density at radius 2 is 1.81 bits per heavy atom. The van der Waals surface area contributed by atoms with Crippen LogP contribution in [-0.4, -0.2) is 20.8 Å². The molecule has 0 radical (unpaired) electrons. The number of amides is 2. The molecule has 5 nitrogen and oxygen atoms in total. The maximum Gasteiger partial charge on any atom is 0.338 e. The highest BCUT2D eigenvalue weighted by Crippen LogP contribution is 2.13. The number of benzene rings is 1. The zero-order valence-electron chi connectivity index (χ0n) is 8.07. The number of hydrogen-bond donors (Lipinski definition) is 4. The fourth-order valence-electron chi connectivity index (χ4n) is 1.11. The van der Waals surface area contributed by atoms with E-state index in [2.05, 4.69) is 30.9 Å². The molecular formula is C9H10N2O3S2. The Bertz CT molecular complexity index is 384. The van der Waals surface area contributed by atoms with Crippen LogP contribution in [0.3, 0.4) is 0 Å². The third kappa shape index (κ3) is 3.35. The van der Waals surface area contributed by atoms with E-state index in [4.69, 9.17) is 5.11 Å². The lowest BCUT2D eigenvalue weighted by molar-refractivity contribution is -0.139. The van der Waals surface area contributed by atoms with E-state index in [1.54, 1.807) is 30.3 Å². The molecule has 7 heteroatoms. The van der Waals surface area contributed by atoms with Crippen molar-refractivity contribution in [2.45, 2.75) is 6.04 Å². The lowest BCUT2D eigenvalue weighted by atomic mass is 10.1. The van der Waals surface area contributed by atoms with E-state index in [0.717, 1.165) is 0 Å². The van der Waals surface area contributed by atoms with E-state index in [9.17, 15) is 9.59 Å². The second-order valence-electron chi connectivity index (χ2n) is 2.92. The Balaban J connectivity index is 2.85. The third-order valence-electron chi connectivity index (χ3n) is 1.83. The van der Waals surface area contributed by atoms with E-state index < -0.39 is 18.0 Å². The first kappa shape index (κ1) is 12.7. The van der Waals surface area contributed by atoms with Gasteiger partial charge in [-0.25, -0.2) is 13.3 Å². The first-order valence-electron chi connectivity index (χ1n) is 4.28. The summed E-state index contributed by atoms with van der Waals surface area (Å²) in [5, 5.41) is 11.2. The van der Waals surface area contributed by atoms with Gasteiger partial charge in [0.1, 0.15) is 0 Å². The highest BCUT2D eigenvalue weighted by molar-refractivity contribution is 7.94. The summed E-state index contributed by atoms with van der Waals surface area (Å²) in [7, 11) is 0. The van der Waals surface area contributed by atoms with Gasteiger partial charge in [0.15, 0.2) is 6.04 Å². The van der Waals surface area contributed by atoms with Gasteiger partial charge in [-0.15, -0.1) is 0 Å². The van der Waals surface area contributed by atoms with Crippen molar-refractivity contribution in [1.29, 1.82) is 0 Å². The molecule has 0 saturated heterocycles. The zero-order valence-corrected chi connectivity index (χ0v) is 9.86. The fraction of sp³-hybridized carbons (Fsp3) is 0.111. The number of carboxylic acid groups (broad SMARTS) is 1. The summed E-state index contributed by atoms with van der Waals surface area (Å²) in [6, 6.07) is 6.54. The molecule has 1 atom stereocenters. The van der Waals surface area contributed by atoms with Gasteiger partial charge in [0.2, 0.25) is 0 Å². The van der Waals surface area contributed by atoms with Gasteiger partial charge in [-0.05, 0) is 5.56 Å². The van der Waals surface area contributed by atoms with Crippen molar-refractivity contribution in [1.82, 2.24) is 9.03 Å². The number of carbonyl (C=O) groups is 2. The molecule has 2 amide bonds. The highest BCUT2D eigenvalue weighted by Gasteiger charge is 2.22. The standard InChI is InChI=1S/C9H10N2O3S2/c12-8(13)7(10-9(14)11(15)16)6-4-2-1-3-5-6/h1-5,7,15-16H,(H,10,14)(H,12,13)/t7-/m1/s1. The Kier molecular flexibility index (Phi) is 4.51. The molecule has 1 rings (SSSR count). The Morgan fingerprint density at radius 3 is 2.25 bits per heavy atom. The molecule has 1 aromatic carbocycles. The smallest absolute Gasteiger partial charge is 0.338 e. The van der Waals surface area contributed by atoms with Gasteiger partial charge in [0.05, 0.1) is 0 Å². The molecule has 2 N–H and O–H groups in total. The van der Waals surface area contributed by atoms with Crippen LogP contribution in [0.1, 0.15) is 11.6 Å². The van der Waals surface area contributed by atoms with E-state index in [1.807, 2.05) is 0 Å². The van der Waals surface area contributed by atoms with Crippen LogP contribution in [-0.2, 0) is 4.79 Å². The van der Waals surface area contributed by atoms with Crippen LogP contribution in [0.2, 0.25) is 0 Å². The average Bonchev–Trinajstić information content (AvgIpc) is 2.26. The molecule has 1 aromatic rings. The molecule has 16 heavy (non-hydrogen) atoms. The molecule has 0 heterocycles. The lowest BCUT2D eigenvalue weighted by Crippen LogP contribution is -2.36. The number of carbonyl (C=O) groups excluding carboxylic acids is 1. The fourth-order valence-corrected chi connectivity index (χ4v) is 1.23. The molecule has 0 aliphatic rings. The largest absolute Gasteiger partial charge is 0.479 e. The topological polar surface area (TPSA) is 69.6 Å². The lowest BCUT2D eigenvalue weighted by Gasteiger charge is -2.16. The van der Waals surface area contributed by atoms with Crippen LogP contribution in [0.15, 0.2) is 30.3 Å². The molecule has 0 unspecified atom stereocenters. The van der Waals surface area contributed by atoms with Gasteiger partial charge in [-0.3, -0.25) is 0 Å². The second kappa shape index (κ2) is 5.66. The Morgan fingerprint density at radius 1 is 1.25 bits per heavy atom. The van der Waals surface area contributed by atoms with Crippen molar-refractivity contribution >= 4 is 37.6 Å². The molecule has 0 aliphatic heterocycles. The SMILES string of the molecule is O=C(O)[C@H](NC(=O)N(S)S)c1ccccc1. The van der Waals surface area contributed by atoms with E-state index in [1.165, 1.54) is 0 Å². The van der Waals surface area contributed by atoms with Crippen molar-refractivity contribution in [3.8, 4) is 0 Å². The van der Waals surface area contributed by atoms with Crippen LogP contribution in [0.25, 0.3) is 0 Å². The number of carboxylic acids is 1. The predicted molar refractivity (Wildman–Crippen MR) is 65.2 cm³/mol. The Hall–Kier alpha value is -1.34. The summed E-state index contributed by atoms with van der Waals surface area (Å²) in [5.41, 5.74) is 0.479. The summed E-state index contributed by atoms with van der Waals surface area (Å²) < 4.78 is 0.679.